The molecule has 1 heterocycles. The maximum atomic E-state index is 13.5. The van der Waals surface area contributed by atoms with Crippen LogP contribution in [-0.2, 0) is 0 Å². The van der Waals surface area contributed by atoms with Crippen molar-refractivity contribution in [3.63, 3.8) is 0 Å². The van der Waals surface area contributed by atoms with E-state index in [1.807, 2.05) is 36.4 Å². The number of hydrogen-bond donors (Lipinski definition) is 2. The van der Waals surface area contributed by atoms with E-state index in [9.17, 15) is 13.9 Å². The number of aliphatic hydroxyl groups is 1. The van der Waals surface area contributed by atoms with Crippen LogP contribution in [0.4, 0.5) is 14.5 Å². The molecule has 2 N–H and O–H groups in total. The summed E-state index contributed by atoms with van der Waals surface area (Å²) in [7, 11) is 0. The van der Waals surface area contributed by atoms with Gasteiger partial charge in [-0.05, 0) is 73.8 Å². The molecule has 3 aromatic carbocycles. The van der Waals surface area contributed by atoms with Crippen LogP contribution in [0.25, 0.3) is 0 Å². The number of β-amino-alcohol motifs (C(OH)–C–C–N with tert-alkyl or cyclic N) is 1. The fourth-order valence-corrected chi connectivity index (χ4v) is 4.90. The van der Waals surface area contributed by atoms with E-state index < -0.39 is 6.10 Å². The lowest BCUT2D eigenvalue weighted by Crippen LogP contribution is -2.49. The maximum Gasteiger partial charge on any atom is 0.123 e. The van der Waals surface area contributed by atoms with Gasteiger partial charge >= 0.3 is 0 Å². The molecule has 7 heteroatoms. The first-order chi connectivity index (χ1) is 17.5. The summed E-state index contributed by atoms with van der Waals surface area (Å²) in [5, 5.41) is 13.8. The molecule has 1 fully saturated rings. The molecular formula is C30H38ClF2N3O. The Labute approximate surface area is 225 Å². The second kappa shape index (κ2) is 14.4. The normalized spacial score (nSPS) is 15.4. The van der Waals surface area contributed by atoms with E-state index in [4.69, 9.17) is 0 Å². The van der Waals surface area contributed by atoms with Crippen molar-refractivity contribution in [2.24, 2.45) is 0 Å². The molecule has 1 aliphatic rings. The number of aliphatic hydroxyl groups excluding tert-OH is 1. The average molecular weight is 530 g/mol. The van der Waals surface area contributed by atoms with Crippen molar-refractivity contribution in [1.82, 2.24) is 9.80 Å². The largest absolute Gasteiger partial charge is 0.390 e. The molecule has 0 amide bonds. The molecule has 0 aromatic heterocycles. The molecule has 0 bridgehead atoms. The van der Waals surface area contributed by atoms with Crippen LogP contribution in [0.15, 0.2) is 72.8 Å². The molecule has 0 spiro atoms. The summed E-state index contributed by atoms with van der Waals surface area (Å²) < 4.78 is 26.9. The highest BCUT2D eigenvalue weighted by Gasteiger charge is 2.20. The van der Waals surface area contributed by atoms with Crippen LogP contribution in [0.1, 0.15) is 35.4 Å². The number of benzene rings is 3. The minimum absolute atomic E-state index is 0. The van der Waals surface area contributed by atoms with Crippen LogP contribution >= 0.6 is 12.4 Å². The summed E-state index contributed by atoms with van der Waals surface area (Å²) in [6, 6.07) is 21.5. The molecule has 37 heavy (non-hydrogen) atoms. The van der Waals surface area contributed by atoms with E-state index in [-0.39, 0.29) is 30.0 Å². The Bertz CT molecular complexity index is 1010. The zero-order valence-electron chi connectivity index (χ0n) is 21.5. The smallest absolute Gasteiger partial charge is 0.123 e. The molecule has 200 valence electrons. The van der Waals surface area contributed by atoms with Gasteiger partial charge in [-0.1, -0.05) is 42.0 Å². The molecule has 1 aliphatic heterocycles. The predicted octanol–water partition coefficient (Wildman–Crippen LogP) is 5.70. The third-order valence-corrected chi connectivity index (χ3v) is 7.04. The molecule has 3 aromatic rings. The minimum atomic E-state index is -0.412. The van der Waals surface area contributed by atoms with Gasteiger partial charge in [0.15, 0.2) is 0 Å². The Hall–Kier alpha value is -2.51. The summed E-state index contributed by atoms with van der Waals surface area (Å²) in [6.45, 7) is 8.12. The lowest BCUT2D eigenvalue weighted by Gasteiger charge is -2.36. The lowest BCUT2D eigenvalue weighted by molar-refractivity contribution is 0.0776. The Morgan fingerprint density at radius 1 is 0.784 bits per heavy atom. The Kier molecular flexibility index (Phi) is 11.3. The topological polar surface area (TPSA) is 38.7 Å². The number of hydrogen-bond acceptors (Lipinski definition) is 4. The quantitative estimate of drug-likeness (QED) is 0.334. The molecule has 1 saturated heterocycles. The third kappa shape index (κ3) is 9.08. The molecule has 4 rings (SSSR count). The second-order valence-electron chi connectivity index (χ2n) is 9.84. The van der Waals surface area contributed by atoms with Crippen LogP contribution < -0.4 is 5.32 Å². The van der Waals surface area contributed by atoms with Crippen LogP contribution in [-0.4, -0.2) is 66.8 Å². The van der Waals surface area contributed by atoms with E-state index >= 15 is 0 Å². The van der Waals surface area contributed by atoms with E-state index in [0.29, 0.717) is 13.1 Å². The highest BCUT2D eigenvalue weighted by atomic mass is 35.5. The number of anilines is 1. The highest BCUT2D eigenvalue weighted by Crippen LogP contribution is 2.30. The molecule has 4 nitrogen and oxygen atoms in total. The molecular weight excluding hydrogens is 492 g/mol. The maximum absolute atomic E-state index is 13.5. The third-order valence-electron chi connectivity index (χ3n) is 7.04. The first-order valence-corrected chi connectivity index (χ1v) is 12.9. The van der Waals surface area contributed by atoms with Crippen LogP contribution in [0.2, 0.25) is 0 Å². The number of nitrogens with zero attached hydrogens (tertiary/aromatic N) is 2. The Morgan fingerprint density at radius 3 is 1.84 bits per heavy atom. The summed E-state index contributed by atoms with van der Waals surface area (Å²) >= 11 is 0. The van der Waals surface area contributed by atoms with E-state index in [2.05, 4.69) is 34.2 Å². The van der Waals surface area contributed by atoms with E-state index in [1.54, 1.807) is 0 Å². The summed E-state index contributed by atoms with van der Waals surface area (Å²) in [4.78, 5) is 4.80. The van der Waals surface area contributed by atoms with Gasteiger partial charge in [-0.15, -0.1) is 12.4 Å². The van der Waals surface area contributed by atoms with Gasteiger partial charge in [0, 0.05) is 50.9 Å². The van der Waals surface area contributed by atoms with Gasteiger partial charge in [-0.3, -0.25) is 4.90 Å². The standard InChI is InChI=1S/C30H37F2N3O.ClH/c1-23-4-14-28(15-5-23)33-21-29(36)22-35-19-17-34(18-20-35)16-2-3-30(24-6-10-26(31)11-7-24)25-8-12-27(32)13-9-25;/h4-15,29-30,33,36H,2-3,16-22H2,1H3;1H. The van der Waals surface area contributed by atoms with Crippen LogP contribution in [0, 0.1) is 18.6 Å². The van der Waals surface area contributed by atoms with Gasteiger partial charge in [0.05, 0.1) is 6.10 Å². The zero-order valence-corrected chi connectivity index (χ0v) is 22.3. The van der Waals surface area contributed by atoms with Crippen LogP contribution in [0.5, 0.6) is 0 Å². The van der Waals surface area contributed by atoms with Crippen molar-refractivity contribution >= 4 is 18.1 Å². The second-order valence-corrected chi connectivity index (χ2v) is 9.84. The summed E-state index contributed by atoms with van der Waals surface area (Å²) in [6.07, 6.45) is 1.51. The van der Waals surface area contributed by atoms with Crippen molar-refractivity contribution in [3.8, 4) is 0 Å². The van der Waals surface area contributed by atoms with Crippen molar-refractivity contribution in [3.05, 3.63) is 101 Å². The number of halogens is 3. The van der Waals surface area contributed by atoms with Crippen molar-refractivity contribution < 1.29 is 13.9 Å². The highest BCUT2D eigenvalue weighted by molar-refractivity contribution is 5.85. The molecule has 0 saturated carbocycles. The lowest BCUT2D eigenvalue weighted by atomic mass is 9.87. The predicted molar refractivity (Wildman–Crippen MR) is 150 cm³/mol. The first-order valence-electron chi connectivity index (χ1n) is 12.9. The van der Waals surface area contributed by atoms with Gasteiger partial charge < -0.3 is 15.3 Å². The fraction of sp³-hybridized carbons (Fsp3) is 0.400. The number of piperazine rings is 1. The first kappa shape index (κ1) is 29.1. The van der Waals surface area contributed by atoms with Gasteiger partial charge in [0.25, 0.3) is 0 Å². The SMILES string of the molecule is Cc1ccc(NCC(O)CN2CCN(CCCC(c3ccc(F)cc3)c3ccc(F)cc3)CC2)cc1.Cl. The van der Waals surface area contributed by atoms with Gasteiger partial charge in [0.1, 0.15) is 11.6 Å². The van der Waals surface area contributed by atoms with Gasteiger partial charge in [-0.25, -0.2) is 8.78 Å². The van der Waals surface area contributed by atoms with Crippen molar-refractivity contribution in [2.75, 3.05) is 51.1 Å². The molecule has 0 aliphatic carbocycles. The van der Waals surface area contributed by atoms with Gasteiger partial charge in [0.2, 0.25) is 0 Å². The molecule has 0 radical (unpaired) electrons. The Balaban J connectivity index is 0.00000380. The average Bonchev–Trinajstić information content (AvgIpc) is 2.89. The molecule has 1 atom stereocenters. The summed E-state index contributed by atoms with van der Waals surface area (Å²) in [5.41, 5.74) is 4.37. The van der Waals surface area contributed by atoms with Crippen molar-refractivity contribution in [2.45, 2.75) is 31.8 Å². The Morgan fingerprint density at radius 2 is 1.30 bits per heavy atom. The zero-order chi connectivity index (χ0) is 25.3. The van der Waals surface area contributed by atoms with E-state index in [1.165, 1.54) is 29.8 Å². The number of rotatable bonds is 11. The molecule has 1 unspecified atom stereocenters. The van der Waals surface area contributed by atoms with Crippen LogP contribution in [0.3, 0.4) is 0 Å². The van der Waals surface area contributed by atoms with Gasteiger partial charge in [-0.2, -0.15) is 0 Å². The number of nitrogens with one attached hydrogen (secondary N) is 1. The minimum Gasteiger partial charge on any atom is -0.390 e. The van der Waals surface area contributed by atoms with Crippen molar-refractivity contribution in [1.29, 1.82) is 0 Å². The van der Waals surface area contributed by atoms with E-state index in [0.717, 1.165) is 62.4 Å². The monoisotopic (exact) mass is 529 g/mol. The number of aryl methyl sites for hydroxylation is 1. The summed E-state index contributed by atoms with van der Waals surface area (Å²) in [5.74, 6) is -0.375. The fourth-order valence-electron chi connectivity index (χ4n) is 4.90.